The van der Waals surface area contributed by atoms with Crippen LogP contribution in [-0.4, -0.2) is 72.3 Å². The second-order valence-electron chi connectivity index (χ2n) is 8.37. The van der Waals surface area contributed by atoms with Gasteiger partial charge in [0.25, 0.3) is 0 Å². The summed E-state index contributed by atoms with van der Waals surface area (Å²) in [5.41, 5.74) is -0.00862. The topological polar surface area (TPSA) is 71.1 Å². The van der Waals surface area contributed by atoms with Gasteiger partial charge in [0.2, 0.25) is 5.91 Å². The number of carbonyl (C=O) groups is 2. The third-order valence-electron chi connectivity index (χ3n) is 6.45. The van der Waals surface area contributed by atoms with Gasteiger partial charge >= 0.3 is 12.2 Å². The SMILES string of the molecule is Cc1c(COC2CN(C(=O)N3CC[C@@H]4OCC(=O)N[C@@H]4C3)C2C)cccc1C(F)(F)F. The molecule has 1 N–H and O–H groups in total. The molecule has 0 radical (unpaired) electrons. The first kappa shape index (κ1) is 21.9. The number of rotatable bonds is 3. The van der Waals surface area contributed by atoms with Gasteiger partial charge in [-0.15, -0.1) is 0 Å². The summed E-state index contributed by atoms with van der Waals surface area (Å²) >= 11 is 0. The standard InChI is InChI=1S/C21H26F3N3O4/c1-12-14(4-3-5-15(12)21(22,23)24)10-30-18-9-27(13(18)2)20(29)26-7-6-17-16(8-26)25-19(28)11-31-17/h3-5,13,16-18H,6-11H2,1-2H3,(H,25,28)/t13?,16-,17+,18?/m1/s1. The number of nitrogens with one attached hydrogen (secondary N) is 1. The van der Waals surface area contributed by atoms with Crippen LogP contribution >= 0.6 is 0 Å². The highest BCUT2D eigenvalue weighted by molar-refractivity contribution is 5.79. The Balaban J connectivity index is 1.30. The average Bonchev–Trinajstić information content (AvgIpc) is 2.72. The molecule has 3 amide bonds. The van der Waals surface area contributed by atoms with Crippen LogP contribution in [0.25, 0.3) is 0 Å². The summed E-state index contributed by atoms with van der Waals surface area (Å²) < 4.78 is 50.6. The lowest BCUT2D eigenvalue weighted by atomic mass is 9.98. The molecule has 0 saturated carbocycles. The van der Waals surface area contributed by atoms with Crippen molar-refractivity contribution in [2.45, 2.75) is 57.3 Å². The fraction of sp³-hybridized carbons (Fsp3) is 0.619. The average molecular weight is 441 g/mol. The Morgan fingerprint density at radius 3 is 2.81 bits per heavy atom. The van der Waals surface area contributed by atoms with Gasteiger partial charge in [0, 0.05) is 13.1 Å². The fourth-order valence-electron chi connectivity index (χ4n) is 4.42. The van der Waals surface area contributed by atoms with Crippen molar-refractivity contribution in [3.05, 3.63) is 34.9 Å². The van der Waals surface area contributed by atoms with Gasteiger partial charge in [0.1, 0.15) is 6.61 Å². The quantitative estimate of drug-likeness (QED) is 0.782. The first-order valence-electron chi connectivity index (χ1n) is 10.4. The van der Waals surface area contributed by atoms with Crippen molar-refractivity contribution in [2.24, 2.45) is 0 Å². The first-order chi connectivity index (χ1) is 14.6. The number of amides is 3. The summed E-state index contributed by atoms with van der Waals surface area (Å²) in [5.74, 6) is -0.175. The number of carbonyl (C=O) groups excluding carboxylic acids is 2. The number of fused-ring (bicyclic) bond motifs is 1. The predicted octanol–water partition coefficient (Wildman–Crippen LogP) is 2.31. The minimum absolute atomic E-state index is 0.0582. The molecule has 0 bridgehead atoms. The molecule has 3 aliphatic heterocycles. The number of halogens is 3. The molecule has 0 aliphatic carbocycles. The smallest absolute Gasteiger partial charge is 0.370 e. The number of morpholine rings is 1. The summed E-state index contributed by atoms with van der Waals surface area (Å²) in [6.45, 7) is 4.75. The van der Waals surface area contributed by atoms with Gasteiger partial charge in [-0.1, -0.05) is 12.1 Å². The Labute approximate surface area is 178 Å². The van der Waals surface area contributed by atoms with Crippen LogP contribution in [0, 0.1) is 6.92 Å². The number of hydrogen-bond acceptors (Lipinski definition) is 4. The van der Waals surface area contributed by atoms with Gasteiger partial charge in [-0.25, -0.2) is 4.79 Å². The Kier molecular flexibility index (Phi) is 5.87. The molecule has 0 spiro atoms. The molecule has 3 saturated heterocycles. The highest BCUT2D eigenvalue weighted by Crippen LogP contribution is 2.33. The van der Waals surface area contributed by atoms with Gasteiger partial charge in [0.15, 0.2) is 0 Å². The highest BCUT2D eigenvalue weighted by Gasteiger charge is 2.44. The highest BCUT2D eigenvalue weighted by atomic mass is 19.4. The zero-order valence-corrected chi connectivity index (χ0v) is 17.4. The second-order valence-corrected chi connectivity index (χ2v) is 8.37. The molecule has 31 heavy (non-hydrogen) atoms. The van der Waals surface area contributed by atoms with E-state index in [2.05, 4.69) is 5.32 Å². The van der Waals surface area contributed by atoms with E-state index in [9.17, 15) is 22.8 Å². The monoisotopic (exact) mass is 441 g/mol. The molecule has 1 aromatic carbocycles. The molecular formula is C21H26F3N3O4. The minimum atomic E-state index is -4.40. The van der Waals surface area contributed by atoms with Crippen LogP contribution in [-0.2, 0) is 27.1 Å². The van der Waals surface area contributed by atoms with Gasteiger partial charge in [-0.3, -0.25) is 4.79 Å². The van der Waals surface area contributed by atoms with Gasteiger partial charge in [-0.2, -0.15) is 13.2 Å². The predicted molar refractivity (Wildman–Crippen MR) is 104 cm³/mol. The molecule has 170 valence electrons. The van der Waals surface area contributed by atoms with Gasteiger partial charge in [0.05, 0.1) is 43.0 Å². The van der Waals surface area contributed by atoms with Crippen molar-refractivity contribution in [3.8, 4) is 0 Å². The number of hydrogen-bond donors (Lipinski definition) is 1. The number of ether oxygens (including phenoxy) is 2. The molecule has 0 aromatic heterocycles. The second kappa shape index (κ2) is 8.31. The van der Waals surface area contributed by atoms with Gasteiger partial charge < -0.3 is 24.6 Å². The fourth-order valence-corrected chi connectivity index (χ4v) is 4.42. The third-order valence-corrected chi connectivity index (χ3v) is 6.45. The van der Waals surface area contributed by atoms with Crippen LogP contribution in [0.15, 0.2) is 18.2 Å². The van der Waals surface area contributed by atoms with Crippen LogP contribution in [0.5, 0.6) is 0 Å². The first-order valence-corrected chi connectivity index (χ1v) is 10.4. The largest absolute Gasteiger partial charge is 0.416 e. The van der Waals surface area contributed by atoms with Gasteiger partial charge in [-0.05, 0) is 37.5 Å². The van der Waals surface area contributed by atoms with Crippen molar-refractivity contribution < 1.29 is 32.2 Å². The van der Waals surface area contributed by atoms with Crippen LogP contribution in [0.2, 0.25) is 0 Å². The number of piperidine rings is 1. The van der Waals surface area contributed by atoms with E-state index in [1.807, 2.05) is 6.92 Å². The zero-order chi connectivity index (χ0) is 22.3. The van der Waals surface area contributed by atoms with E-state index in [1.165, 1.54) is 13.0 Å². The van der Waals surface area contributed by atoms with Crippen molar-refractivity contribution in [1.82, 2.24) is 15.1 Å². The maximum atomic E-state index is 13.1. The van der Waals surface area contributed by atoms with E-state index >= 15 is 0 Å². The number of likely N-dealkylation sites (tertiary alicyclic amines) is 2. The normalized spacial score (nSPS) is 28.6. The molecule has 4 rings (SSSR count). The minimum Gasteiger partial charge on any atom is -0.370 e. The molecule has 3 aliphatic rings. The Morgan fingerprint density at radius 1 is 1.32 bits per heavy atom. The molecule has 2 unspecified atom stereocenters. The summed E-state index contributed by atoms with van der Waals surface area (Å²) in [5, 5.41) is 2.88. The Bertz CT molecular complexity index is 863. The molecule has 3 fully saturated rings. The van der Waals surface area contributed by atoms with E-state index in [4.69, 9.17) is 9.47 Å². The van der Waals surface area contributed by atoms with E-state index in [0.29, 0.717) is 31.6 Å². The van der Waals surface area contributed by atoms with Crippen LogP contribution in [0.1, 0.15) is 30.0 Å². The molecule has 3 heterocycles. The van der Waals surface area contributed by atoms with Crippen LogP contribution < -0.4 is 5.32 Å². The molecule has 4 atom stereocenters. The maximum Gasteiger partial charge on any atom is 0.416 e. The summed E-state index contributed by atoms with van der Waals surface area (Å²) in [4.78, 5) is 27.8. The molecular weight excluding hydrogens is 415 g/mol. The number of benzene rings is 1. The number of alkyl halides is 3. The Morgan fingerprint density at radius 2 is 2.10 bits per heavy atom. The van der Waals surface area contributed by atoms with E-state index in [1.54, 1.807) is 15.9 Å². The molecule has 1 aromatic rings. The van der Waals surface area contributed by atoms with Crippen LogP contribution in [0.4, 0.5) is 18.0 Å². The van der Waals surface area contributed by atoms with E-state index in [-0.39, 0.29) is 55.0 Å². The lowest BCUT2D eigenvalue weighted by molar-refractivity contribution is -0.140. The van der Waals surface area contributed by atoms with E-state index < -0.39 is 11.7 Å². The zero-order valence-electron chi connectivity index (χ0n) is 17.4. The lowest BCUT2D eigenvalue weighted by Gasteiger charge is -2.49. The molecule has 10 heteroatoms. The summed E-state index contributed by atoms with van der Waals surface area (Å²) in [6.07, 6.45) is -4.05. The molecule has 7 nitrogen and oxygen atoms in total. The van der Waals surface area contributed by atoms with Crippen molar-refractivity contribution >= 4 is 11.9 Å². The van der Waals surface area contributed by atoms with Crippen molar-refractivity contribution in [1.29, 1.82) is 0 Å². The summed E-state index contributed by atoms with van der Waals surface area (Å²) in [6, 6.07) is 3.56. The van der Waals surface area contributed by atoms with Crippen molar-refractivity contribution in [3.63, 3.8) is 0 Å². The Hall–Kier alpha value is -2.33. The lowest BCUT2D eigenvalue weighted by Crippen LogP contribution is -2.67. The van der Waals surface area contributed by atoms with Crippen LogP contribution in [0.3, 0.4) is 0 Å². The van der Waals surface area contributed by atoms with Crippen molar-refractivity contribution in [2.75, 3.05) is 26.2 Å². The number of nitrogens with zero attached hydrogens (tertiary/aromatic N) is 2. The maximum absolute atomic E-state index is 13.1. The summed E-state index contributed by atoms with van der Waals surface area (Å²) in [7, 11) is 0. The van der Waals surface area contributed by atoms with E-state index in [0.717, 1.165) is 6.07 Å². The number of urea groups is 1. The third kappa shape index (κ3) is 4.36.